The second kappa shape index (κ2) is 32.7. The van der Waals surface area contributed by atoms with Crippen molar-refractivity contribution in [3.05, 3.63) is 12.2 Å². The van der Waals surface area contributed by atoms with Crippen LogP contribution in [0.25, 0.3) is 0 Å². The first kappa shape index (κ1) is 58.3. The van der Waals surface area contributed by atoms with E-state index in [0.29, 0.717) is 0 Å². The van der Waals surface area contributed by atoms with Gasteiger partial charge < -0.3 is 0 Å². The third-order valence-electron chi connectivity index (χ3n) is 20.9. The zero-order chi connectivity index (χ0) is 47.6. The van der Waals surface area contributed by atoms with Crippen LogP contribution in [0.1, 0.15) is 332 Å². The van der Waals surface area contributed by atoms with Gasteiger partial charge in [-0.25, -0.2) is 0 Å². The average molecular weight is 918 g/mol. The maximum Gasteiger partial charge on any atom is -0.0235 e. The second-order valence-corrected chi connectivity index (χ2v) is 26.3. The molecule has 388 valence electrons. The van der Waals surface area contributed by atoms with Crippen molar-refractivity contribution in [1.82, 2.24) is 0 Å². The van der Waals surface area contributed by atoms with Gasteiger partial charge in [0.15, 0.2) is 0 Å². The fourth-order valence-electron chi connectivity index (χ4n) is 15.8. The first-order valence-corrected chi connectivity index (χ1v) is 31.7. The summed E-state index contributed by atoms with van der Waals surface area (Å²) in [6, 6.07) is 0. The van der Waals surface area contributed by atoms with Gasteiger partial charge in [-0.2, -0.15) is 0 Å². The van der Waals surface area contributed by atoms with Crippen molar-refractivity contribution in [3.8, 4) is 0 Å². The van der Waals surface area contributed by atoms with Crippen molar-refractivity contribution in [1.29, 1.82) is 0 Å². The Morgan fingerprint density at radius 1 is 0.530 bits per heavy atom. The van der Waals surface area contributed by atoms with E-state index in [9.17, 15) is 0 Å². The lowest BCUT2D eigenvalue weighted by molar-refractivity contribution is 0.0438. The smallest absolute Gasteiger partial charge is 0.0235 e. The van der Waals surface area contributed by atoms with Crippen LogP contribution < -0.4 is 0 Å². The molecule has 0 N–H and O–H groups in total. The lowest BCUT2D eigenvalue weighted by Crippen LogP contribution is -2.36. The summed E-state index contributed by atoms with van der Waals surface area (Å²) in [5.74, 6) is 10.9. The molecule has 10 atom stereocenters. The van der Waals surface area contributed by atoms with Crippen LogP contribution >= 0.6 is 0 Å². The molecule has 0 aliphatic heterocycles. The molecule has 0 amide bonds. The molecule has 0 saturated heterocycles. The molecule has 0 bridgehead atoms. The Bertz CT molecular complexity index is 1200. The maximum atomic E-state index is 4.62. The highest BCUT2D eigenvalue weighted by Gasteiger charge is 2.60. The highest BCUT2D eigenvalue weighted by atomic mass is 14.6. The average Bonchev–Trinajstić information content (AvgIpc) is 4.19. The molecule has 66 heavy (non-hydrogen) atoms. The van der Waals surface area contributed by atoms with Gasteiger partial charge in [-0.3, -0.25) is 0 Å². The Kier molecular flexibility index (Phi) is 28.9. The molecular weight excluding hydrogens is 793 g/mol. The quantitative estimate of drug-likeness (QED) is 0.0422. The van der Waals surface area contributed by atoms with E-state index in [0.717, 1.165) is 75.9 Å². The number of allylic oxidation sites excluding steroid dienone is 1. The molecule has 10 unspecified atom stereocenters. The van der Waals surface area contributed by atoms with Crippen LogP contribution in [0.5, 0.6) is 0 Å². The normalized spacial score (nSPS) is 28.6. The molecule has 0 heterocycles. The predicted octanol–water partition coefficient (Wildman–Crippen LogP) is 22.9. The molecule has 4 aliphatic rings. The third kappa shape index (κ3) is 19.7. The summed E-state index contributed by atoms with van der Waals surface area (Å²) in [4.78, 5) is 0. The van der Waals surface area contributed by atoms with Gasteiger partial charge in [0.25, 0.3) is 0 Å². The largest absolute Gasteiger partial charge is 0.0999 e. The van der Waals surface area contributed by atoms with Crippen LogP contribution in [0.15, 0.2) is 12.2 Å². The van der Waals surface area contributed by atoms with E-state index in [1.165, 1.54) is 218 Å². The van der Waals surface area contributed by atoms with E-state index in [1.807, 2.05) is 0 Å². The van der Waals surface area contributed by atoms with E-state index >= 15 is 0 Å². The Morgan fingerprint density at radius 3 is 1.58 bits per heavy atom. The first-order chi connectivity index (χ1) is 32.0. The molecule has 0 aromatic rings. The monoisotopic (exact) mass is 917 g/mol. The summed E-state index contributed by atoms with van der Waals surface area (Å²) in [6.07, 6.45) is 62.1. The fraction of sp³-hybridized carbons (Fsp3) is 0.970. The van der Waals surface area contributed by atoms with Gasteiger partial charge in [0.2, 0.25) is 0 Å². The Labute approximate surface area is 418 Å². The van der Waals surface area contributed by atoms with Crippen molar-refractivity contribution in [3.63, 3.8) is 0 Å². The SMILES string of the molecule is C=C(CCCC1CC(CCCCCCCCCCCC2CC23CCC(C)C3C)C1CCCCCCCCCCCC1(C(CCCC)CCCC)CC1C(C)C)CCC(CCCCC)C(C)C. The predicted molar refractivity (Wildman–Crippen MR) is 297 cm³/mol. The molecule has 4 saturated carbocycles. The standard InChI is InChI=1S/C66H124/c1-11-14-31-38-58(53(4)5)46-45-55(8)37-36-40-60-50-59(39-32-27-23-19-17-20-24-28-33-43-62-51-65(62)49-47-56(9)57(65)10)63(60)44-34-29-25-21-18-22-26-30-35-48-66(52-64(66)54(6)7)61(41-15-12-2)42-16-13-3/h53-54,56-64H,8,11-52H2,1-7,9-10H3. The van der Waals surface area contributed by atoms with Crippen LogP contribution in [0.2, 0.25) is 0 Å². The highest BCUT2D eigenvalue weighted by molar-refractivity contribution is 5.09. The van der Waals surface area contributed by atoms with Gasteiger partial charge >= 0.3 is 0 Å². The summed E-state index contributed by atoms with van der Waals surface area (Å²) >= 11 is 0. The number of rotatable bonds is 44. The Morgan fingerprint density at radius 2 is 1.06 bits per heavy atom. The van der Waals surface area contributed by atoms with E-state index in [2.05, 4.69) is 68.9 Å². The zero-order valence-corrected chi connectivity index (χ0v) is 47.3. The summed E-state index contributed by atoms with van der Waals surface area (Å²) in [5.41, 5.74) is 3.09. The Balaban J connectivity index is 1.07. The number of unbranched alkanes of at least 4 members (excludes halogenated alkanes) is 20. The summed E-state index contributed by atoms with van der Waals surface area (Å²) in [6.45, 7) is 26.8. The molecule has 0 radical (unpaired) electrons. The van der Waals surface area contributed by atoms with Crippen molar-refractivity contribution in [2.24, 2.45) is 75.9 Å². The molecule has 1 spiro atoms. The lowest BCUT2D eigenvalue weighted by atomic mass is 9.59. The van der Waals surface area contributed by atoms with Crippen LogP contribution in [-0.2, 0) is 0 Å². The minimum Gasteiger partial charge on any atom is -0.0999 e. The number of hydrogen-bond acceptors (Lipinski definition) is 0. The van der Waals surface area contributed by atoms with E-state index in [4.69, 9.17) is 0 Å². The maximum absolute atomic E-state index is 4.62. The molecular formula is C66H124. The molecule has 0 nitrogen and oxygen atoms in total. The van der Waals surface area contributed by atoms with E-state index < -0.39 is 0 Å². The number of hydrogen-bond donors (Lipinski definition) is 0. The third-order valence-corrected chi connectivity index (χ3v) is 20.9. The van der Waals surface area contributed by atoms with E-state index in [-0.39, 0.29) is 0 Å². The summed E-state index contributed by atoms with van der Waals surface area (Å²) < 4.78 is 0. The van der Waals surface area contributed by atoms with Crippen molar-refractivity contribution in [2.75, 3.05) is 0 Å². The van der Waals surface area contributed by atoms with Gasteiger partial charge in [-0.1, -0.05) is 248 Å². The highest BCUT2D eigenvalue weighted by Crippen LogP contribution is 2.69. The molecule has 4 aliphatic carbocycles. The summed E-state index contributed by atoms with van der Waals surface area (Å²) in [7, 11) is 0. The van der Waals surface area contributed by atoms with Crippen molar-refractivity contribution < 1.29 is 0 Å². The van der Waals surface area contributed by atoms with Gasteiger partial charge in [-0.15, -0.1) is 0 Å². The lowest BCUT2D eigenvalue weighted by Gasteiger charge is -2.46. The molecule has 4 rings (SSSR count). The topological polar surface area (TPSA) is 0 Å². The summed E-state index contributed by atoms with van der Waals surface area (Å²) in [5, 5.41) is 0. The van der Waals surface area contributed by atoms with Gasteiger partial charge in [-0.05, 0) is 172 Å². The molecule has 0 aromatic heterocycles. The van der Waals surface area contributed by atoms with Crippen molar-refractivity contribution >= 4 is 0 Å². The second-order valence-electron chi connectivity index (χ2n) is 26.3. The van der Waals surface area contributed by atoms with Crippen LogP contribution in [0.3, 0.4) is 0 Å². The molecule has 4 fully saturated rings. The minimum atomic E-state index is 0.724. The van der Waals surface area contributed by atoms with Gasteiger partial charge in [0.1, 0.15) is 0 Å². The van der Waals surface area contributed by atoms with E-state index in [1.54, 1.807) is 56.9 Å². The fourth-order valence-corrected chi connectivity index (χ4v) is 15.8. The van der Waals surface area contributed by atoms with Crippen LogP contribution in [0, 0.1) is 75.9 Å². The Hall–Kier alpha value is -0.260. The minimum absolute atomic E-state index is 0.724. The molecule has 0 heteroatoms. The van der Waals surface area contributed by atoms with Crippen molar-refractivity contribution in [2.45, 2.75) is 332 Å². The van der Waals surface area contributed by atoms with Gasteiger partial charge in [0.05, 0.1) is 0 Å². The zero-order valence-electron chi connectivity index (χ0n) is 47.3. The van der Waals surface area contributed by atoms with Crippen LogP contribution in [-0.4, -0.2) is 0 Å². The van der Waals surface area contributed by atoms with Crippen LogP contribution in [0.4, 0.5) is 0 Å². The van der Waals surface area contributed by atoms with Gasteiger partial charge in [0, 0.05) is 0 Å². The molecule has 0 aromatic carbocycles. The first-order valence-electron chi connectivity index (χ1n) is 31.7.